The number of rotatable bonds is 4. The van der Waals surface area contributed by atoms with Crippen LogP contribution >= 0.6 is 0 Å². The van der Waals surface area contributed by atoms with Gasteiger partial charge in [-0.05, 0) is 18.2 Å². The predicted molar refractivity (Wildman–Crippen MR) is 63.0 cm³/mol. The standard InChI is InChI=1S/C11H14N2O4/c1-13-9-4-7(12-8(5-14)6-15)2-3-10(9)17-11(13)16/h2-4,8,12,14-15H,5-6H2,1H3. The third-order valence-electron chi connectivity index (χ3n) is 2.60. The van der Waals surface area contributed by atoms with E-state index >= 15 is 0 Å². The zero-order chi connectivity index (χ0) is 12.4. The van der Waals surface area contributed by atoms with Gasteiger partial charge in [0.1, 0.15) is 0 Å². The molecule has 17 heavy (non-hydrogen) atoms. The molecule has 2 aromatic rings. The minimum absolute atomic E-state index is 0.168. The van der Waals surface area contributed by atoms with E-state index in [0.29, 0.717) is 16.8 Å². The van der Waals surface area contributed by atoms with E-state index in [4.69, 9.17) is 14.6 Å². The van der Waals surface area contributed by atoms with Crippen LogP contribution < -0.4 is 11.1 Å². The molecule has 0 spiro atoms. The number of aromatic nitrogens is 1. The third-order valence-corrected chi connectivity index (χ3v) is 2.60. The first kappa shape index (κ1) is 11.7. The number of benzene rings is 1. The first-order chi connectivity index (χ1) is 8.15. The van der Waals surface area contributed by atoms with Crippen LogP contribution in [0.5, 0.6) is 0 Å². The van der Waals surface area contributed by atoms with Gasteiger partial charge in [0.05, 0.1) is 24.8 Å². The van der Waals surface area contributed by atoms with Gasteiger partial charge in [-0.1, -0.05) is 0 Å². The Balaban J connectivity index is 2.37. The van der Waals surface area contributed by atoms with Crippen molar-refractivity contribution in [3.05, 3.63) is 28.7 Å². The molecule has 2 rings (SSSR count). The van der Waals surface area contributed by atoms with Crippen molar-refractivity contribution in [2.24, 2.45) is 7.05 Å². The van der Waals surface area contributed by atoms with Gasteiger partial charge in [0.25, 0.3) is 0 Å². The maximum atomic E-state index is 11.3. The number of anilines is 1. The van der Waals surface area contributed by atoms with Gasteiger partial charge in [0.15, 0.2) is 5.58 Å². The average Bonchev–Trinajstić information content (AvgIpc) is 2.62. The summed E-state index contributed by atoms with van der Waals surface area (Å²) < 4.78 is 6.39. The lowest BCUT2D eigenvalue weighted by Gasteiger charge is -2.14. The molecule has 0 aliphatic heterocycles. The summed E-state index contributed by atoms with van der Waals surface area (Å²) in [7, 11) is 1.62. The van der Waals surface area contributed by atoms with E-state index < -0.39 is 11.8 Å². The summed E-state index contributed by atoms with van der Waals surface area (Å²) in [6, 6.07) is 4.71. The largest absolute Gasteiger partial charge is 0.419 e. The Morgan fingerprint density at radius 2 is 2.12 bits per heavy atom. The molecule has 0 aliphatic carbocycles. The van der Waals surface area contributed by atoms with Crippen LogP contribution in [-0.4, -0.2) is 34.0 Å². The third kappa shape index (κ3) is 2.17. The van der Waals surface area contributed by atoms with Crippen LogP contribution in [0.3, 0.4) is 0 Å². The fourth-order valence-corrected chi connectivity index (χ4v) is 1.60. The molecule has 1 aromatic heterocycles. The number of hydrogen-bond acceptors (Lipinski definition) is 5. The number of hydrogen-bond donors (Lipinski definition) is 3. The molecule has 0 fully saturated rings. The van der Waals surface area contributed by atoms with E-state index in [-0.39, 0.29) is 13.2 Å². The molecule has 0 bridgehead atoms. The number of aliphatic hydroxyl groups excluding tert-OH is 2. The Hall–Kier alpha value is -1.79. The van der Waals surface area contributed by atoms with E-state index in [9.17, 15) is 4.79 Å². The second-order valence-electron chi connectivity index (χ2n) is 3.82. The summed E-state index contributed by atoms with van der Waals surface area (Å²) in [5.41, 5.74) is 1.88. The van der Waals surface area contributed by atoms with Gasteiger partial charge in [-0.25, -0.2) is 4.79 Å². The van der Waals surface area contributed by atoms with Crippen molar-refractivity contribution in [2.45, 2.75) is 6.04 Å². The van der Waals surface area contributed by atoms with Gasteiger partial charge >= 0.3 is 5.76 Å². The average molecular weight is 238 g/mol. The van der Waals surface area contributed by atoms with Crippen LogP contribution in [0.15, 0.2) is 27.4 Å². The van der Waals surface area contributed by atoms with E-state index in [1.807, 2.05) is 0 Å². The Kier molecular flexibility index (Phi) is 3.16. The van der Waals surface area contributed by atoms with E-state index in [1.54, 1.807) is 25.2 Å². The van der Waals surface area contributed by atoms with Crippen molar-refractivity contribution in [1.82, 2.24) is 4.57 Å². The molecule has 0 unspecified atom stereocenters. The van der Waals surface area contributed by atoms with Crippen LogP contribution in [-0.2, 0) is 7.05 Å². The Morgan fingerprint density at radius 1 is 1.41 bits per heavy atom. The first-order valence-corrected chi connectivity index (χ1v) is 5.23. The van der Waals surface area contributed by atoms with Crippen molar-refractivity contribution in [2.75, 3.05) is 18.5 Å². The summed E-state index contributed by atoms with van der Waals surface area (Å²) in [4.78, 5) is 11.3. The van der Waals surface area contributed by atoms with Crippen molar-refractivity contribution >= 4 is 16.8 Å². The Labute approximate surface area is 97.1 Å². The molecule has 1 aromatic carbocycles. The molecular weight excluding hydrogens is 224 g/mol. The van der Waals surface area contributed by atoms with Crippen molar-refractivity contribution < 1.29 is 14.6 Å². The molecule has 1 heterocycles. The monoisotopic (exact) mass is 238 g/mol. The zero-order valence-corrected chi connectivity index (χ0v) is 9.38. The highest BCUT2D eigenvalue weighted by Gasteiger charge is 2.09. The van der Waals surface area contributed by atoms with Gasteiger partial charge in [-0.15, -0.1) is 0 Å². The fourth-order valence-electron chi connectivity index (χ4n) is 1.60. The molecule has 0 radical (unpaired) electrons. The van der Waals surface area contributed by atoms with E-state index in [2.05, 4.69) is 5.32 Å². The number of nitrogens with zero attached hydrogens (tertiary/aromatic N) is 1. The summed E-state index contributed by atoms with van der Waals surface area (Å²) in [6.45, 7) is -0.336. The van der Waals surface area contributed by atoms with Crippen LogP contribution in [0.1, 0.15) is 0 Å². The van der Waals surface area contributed by atoms with E-state index in [1.165, 1.54) is 4.57 Å². The molecule has 0 amide bonds. The Bertz CT molecular complexity index is 568. The number of nitrogens with one attached hydrogen (secondary N) is 1. The first-order valence-electron chi connectivity index (χ1n) is 5.23. The summed E-state index contributed by atoms with van der Waals surface area (Å²) in [5.74, 6) is -0.419. The topological polar surface area (TPSA) is 87.6 Å². The highest BCUT2D eigenvalue weighted by atomic mass is 16.4. The summed E-state index contributed by atoms with van der Waals surface area (Å²) in [5, 5.41) is 20.9. The summed E-state index contributed by atoms with van der Waals surface area (Å²) in [6.07, 6.45) is 0. The fraction of sp³-hybridized carbons (Fsp3) is 0.364. The quantitative estimate of drug-likeness (QED) is 0.692. The second kappa shape index (κ2) is 4.60. The molecule has 0 atom stereocenters. The molecule has 92 valence electrons. The van der Waals surface area contributed by atoms with Crippen molar-refractivity contribution in [3.8, 4) is 0 Å². The minimum Gasteiger partial charge on any atom is -0.408 e. The van der Waals surface area contributed by atoms with Crippen LogP contribution in [0.25, 0.3) is 11.1 Å². The Morgan fingerprint density at radius 3 is 2.76 bits per heavy atom. The lowest BCUT2D eigenvalue weighted by molar-refractivity contribution is 0.204. The molecule has 0 aliphatic rings. The smallest absolute Gasteiger partial charge is 0.408 e. The minimum atomic E-state index is -0.420. The van der Waals surface area contributed by atoms with Gasteiger partial charge in [-0.3, -0.25) is 4.57 Å². The predicted octanol–water partition coefficient (Wildman–Crippen LogP) is -0.103. The molecule has 6 heteroatoms. The maximum Gasteiger partial charge on any atom is 0.419 e. The molecule has 0 saturated heterocycles. The van der Waals surface area contributed by atoms with Crippen molar-refractivity contribution in [1.29, 1.82) is 0 Å². The number of aryl methyl sites for hydroxylation is 1. The second-order valence-corrected chi connectivity index (χ2v) is 3.82. The normalized spacial score (nSPS) is 11.3. The molecule has 6 nitrogen and oxygen atoms in total. The highest BCUT2D eigenvalue weighted by Crippen LogP contribution is 2.18. The SMILES string of the molecule is Cn1c(=O)oc2ccc(NC(CO)CO)cc21. The molecule has 0 saturated carbocycles. The molecular formula is C11H14N2O4. The van der Waals surface area contributed by atoms with Crippen LogP contribution in [0.2, 0.25) is 0 Å². The summed E-state index contributed by atoms with van der Waals surface area (Å²) >= 11 is 0. The van der Waals surface area contributed by atoms with Gasteiger partial charge < -0.3 is 19.9 Å². The highest BCUT2D eigenvalue weighted by molar-refractivity contribution is 5.77. The van der Waals surface area contributed by atoms with Gasteiger partial charge in [-0.2, -0.15) is 0 Å². The van der Waals surface area contributed by atoms with Gasteiger partial charge in [0.2, 0.25) is 0 Å². The zero-order valence-electron chi connectivity index (χ0n) is 9.38. The van der Waals surface area contributed by atoms with E-state index in [0.717, 1.165) is 0 Å². The van der Waals surface area contributed by atoms with Crippen LogP contribution in [0, 0.1) is 0 Å². The lowest BCUT2D eigenvalue weighted by atomic mass is 10.2. The van der Waals surface area contributed by atoms with Crippen molar-refractivity contribution in [3.63, 3.8) is 0 Å². The molecule has 3 N–H and O–H groups in total. The number of fused-ring (bicyclic) bond motifs is 1. The lowest BCUT2D eigenvalue weighted by Crippen LogP contribution is -2.27. The number of aliphatic hydroxyl groups is 2. The number of oxazole rings is 1. The van der Waals surface area contributed by atoms with Gasteiger partial charge in [0, 0.05) is 12.7 Å². The maximum absolute atomic E-state index is 11.3. The van der Waals surface area contributed by atoms with Crippen LogP contribution in [0.4, 0.5) is 5.69 Å².